The molecule has 63 valence electrons. The first kappa shape index (κ1) is 8.09. The summed E-state index contributed by atoms with van der Waals surface area (Å²) in [5, 5.41) is 6.42. The predicted octanol–water partition coefficient (Wildman–Crippen LogP) is 1.47. The molecule has 0 aromatic heterocycles. The molecule has 0 saturated heterocycles. The SMILES string of the molecule is CC1=NN(C)C([C]2[CH][CH][CH][CH]2)C1. The maximum Gasteiger partial charge on any atom is 0.0588 e. The van der Waals surface area contributed by atoms with Crippen LogP contribution in [0.2, 0.25) is 0 Å². The Hall–Kier alpha value is -0.530. The summed E-state index contributed by atoms with van der Waals surface area (Å²) in [5.74, 6) is 1.37. The first-order valence-corrected chi connectivity index (χ1v) is 4.26. The summed E-state index contributed by atoms with van der Waals surface area (Å²) in [4.78, 5) is 0. The van der Waals surface area contributed by atoms with E-state index in [0.717, 1.165) is 6.42 Å². The van der Waals surface area contributed by atoms with Gasteiger partial charge in [0.15, 0.2) is 0 Å². The predicted molar refractivity (Wildman–Crippen MR) is 49.7 cm³/mol. The van der Waals surface area contributed by atoms with Crippen molar-refractivity contribution in [2.24, 2.45) is 5.10 Å². The first-order chi connectivity index (χ1) is 5.77. The lowest BCUT2D eigenvalue weighted by atomic mass is 9.95. The Morgan fingerprint density at radius 3 is 2.58 bits per heavy atom. The number of hydrogen-bond acceptors (Lipinski definition) is 2. The van der Waals surface area contributed by atoms with Crippen molar-refractivity contribution in [2.45, 2.75) is 19.4 Å². The Kier molecular flexibility index (Phi) is 2.07. The molecule has 2 heteroatoms. The van der Waals surface area contributed by atoms with E-state index < -0.39 is 0 Å². The van der Waals surface area contributed by atoms with E-state index in [0.29, 0.717) is 6.04 Å². The van der Waals surface area contributed by atoms with Crippen LogP contribution in [0, 0.1) is 31.6 Å². The molecule has 0 spiro atoms. The van der Waals surface area contributed by atoms with E-state index in [1.54, 1.807) is 0 Å². The molecule has 12 heavy (non-hydrogen) atoms. The maximum atomic E-state index is 4.38. The summed E-state index contributed by atoms with van der Waals surface area (Å²) in [6.45, 7) is 2.08. The van der Waals surface area contributed by atoms with Gasteiger partial charge in [-0.15, -0.1) is 0 Å². The molecule has 0 amide bonds. The standard InChI is InChI=1S/C10H13N2/c1-8-7-10(12(2)11-8)9-5-3-4-6-9/h3-6,10H,7H2,1-2H3. The smallest absolute Gasteiger partial charge is 0.0588 e. The van der Waals surface area contributed by atoms with E-state index >= 15 is 0 Å². The van der Waals surface area contributed by atoms with Gasteiger partial charge >= 0.3 is 0 Å². The molecule has 5 radical (unpaired) electrons. The van der Waals surface area contributed by atoms with Gasteiger partial charge in [0.2, 0.25) is 0 Å². The van der Waals surface area contributed by atoms with E-state index in [1.165, 1.54) is 11.6 Å². The second-order valence-electron chi connectivity index (χ2n) is 3.35. The Bertz CT molecular complexity index is 192. The third kappa shape index (κ3) is 1.35. The van der Waals surface area contributed by atoms with Crippen LogP contribution in [-0.2, 0) is 0 Å². The highest BCUT2D eigenvalue weighted by Crippen LogP contribution is 2.33. The van der Waals surface area contributed by atoms with E-state index in [9.17, 15) is 0 Å². The van der Waals surface area contributed by atoms with E-state index in [-0.39, 0.29) is 0 Å². The average Bonchev–Trinajstić information content (AvgIpc) is 2.58. The van der Waals surface area contributed by atoms with Crippen LogP contribution in [0.3, 0.4) is 0 Å². The van der Waals surface area contributed by atoms with Gasteiger partial charge in [-0.2, -0.15) is 5.10 Å². The van der Waals surface area contributed by atoms with Gasteiger partial charge < -0.3 is 0 Å². The third-order valence-electron chi connectivity index (χ3n) is 2.34. The molecule has 1 aliphatic carbocycles. The van der Waals surface area contributed by atoms with Gasteiger partial charge in [-0.25, -0.2) is 0 Å². The Labute approximate surface area is 74.6 Å². The molecule has 1 saturated carbocycles. The van der Waals surface area contributed by atoms with Gasteiger partial charge in [0.25, 0.3) is 0 Å². The molecule has 0 N–H and O–H groups in total. The van der Waals surface area contributed by atoms with Crippen LogP contribution in [0.4, 0.5) is 0 Å². The van der Waals surface area contributed by atoms with Crippen molar-refractivity contribution in [2.75, 3.05) is 7.05 Å². The van der Waals surface area contributed by atoms with Crippen LogP contribution in [-0.4, -0.2) is 23.8 Å². The summed E-state index contributed by atoms with van der Waals surface area (Å²) in [7, 11) is 2.04. The van der Waals surface area contributed by atoms with Crippen molar-refractivity contribution in [1.29, 1.82) is 0 Å². The molecular weight excluding hydrogens is 148 g/mol. The lowest BCUT2D eigenvalue weighted by molar-refractivity contribution is 0.303. The van der Waals surface area contributed by atoms with Crippen molar-refractivity contribution < 1.29 is 0 Å². The number of hydrazone groups is 1. The zero-order chi connectivity index (χ0) is 8.55. The summed E-state index contributed by atoms with van der Waals surface area (Å²) in [6.07, 6.45) is 9.55. The minimum atomic E-state index is 0.472. The fraction of sp³-hybridized carbons (Fsp3) is 0.400. The minimum Gasteiger partial charge on any atom is -0.296 e. The van der Waals surface area contributed by atoms with Crippen LogP contribution in [0.25, 0.3) is 0 Å². The van der Waals surface area contributed by atoms with Gasteiger partial charge in [-0.05, 0) is 32.6 Å². The molecule has 0 bridgehead atoms. The average molecular weight is 161 g/mol. The summed E-state index contributed by atoms with van der Waals surface area (Å²) < 4.78 is 0. The fourth-order valence-electron chi connectivity index (χ4n) is 1.74. The van der Waals surface area contributed by atoms with Gasteiger partial charge in [0, 0.05) is 25.1 Å². The molecule has 1 atom stereocenters. The molecule has 1 unspecified atom stereocenters. The van der Waals surface area contributed by atoms with Crippen LogP contribution in [0.1, 0.15) is 13.3 Å². The van der Waals surface area contributed by atoms with Crippen LogP contribution in [0.5, 0.6) is 0 Å². The topological polar surface area (TPSA) is 15.6 Å². The molecular formula is C10H13N2. The zero-order valence-corrected chi connectivity index (χ0v) is 7.49. The summed E-state index contributed by atoms with van der Waals surface area (Å²) in [5.41, 5.74) is 1.23. The number of rotatable bonds is 1. The molecule has 2 rings (SSSR count). The Morgan fingerprint density at radius 2 is 2.08 bits per heavy atom. The van der Waals surface area contributed by atoms with Crippen molar-refractivity contribution in [1.82, 2.24) is 5.01 Å². The second-order valence-corrected chi connectivity index (χ2v) is 3.35. The fourth-order valence-corrected chi connectivity index (χ4v) is 1.74. The lowest BCUT2D eigenvalue weighted by Gasteiger charge is -2.23. The highest BCUT2D eigenvalue weighted by atomic mass is 15.5. The number of hydrogen-bond donors (Lipinski definition) is 0. The highest BCUT2D eigenvalue weighted by Gasteiger charge is 2.32. The largest absolute Gasteiger partial charge is 0.296 e. The monoisotopic (exact) mass is 161 g/mol. The maximum absolute atomic E-state index is 4.38. The highest BCUT2D eigenvalue weighted by molar-refractivity contribution is 5.84. The zero-order valence-electron chi connectivity index (χ0n) is 7.49. The molecule has 0 aromatic rings. The second kappa shape index (κ2) is 3.08. The Balaban J connectivity index is 1.97. The molecule has 1 aliphatic heterocycles. The Morgan fingerprint density at radius 1 is 1.42 bits per heavy atom. The molecule has 2 aliphatic rings. The molecule has 1 fully saturated rings. The lowest BCUT2D eigenvalue weighted by Crippen LogP contribution is -2.28. The third-order valence-corrected chi connectivity index (χ3v) is 2.34. The van der Waals surface area contributed by atoms with E-state index in [4.69, 9.17) is 0 Å². The molecule has 2 nitrogen and oxygen atoms in total. The van der Waals surface area contributed by atoms with Crippen molar-refractivity contribution in [3.05, 3.63) is 31.6 Å². The number of nitrogens with zero attached hydrogens (tertiary/aromatic N) is 2. The molecule has 0 aromatic carbocycles. The van der Waals surface area contributed by atoms with Gasteiger partial charge in [-0.3, -0.25) is 5.01 Å². The van der Waals surface area contributed by atoms with E-state index in [2.05, 4.69) is 37.7 Å². The normalized spacial score (nSPS) is 31.3. The van der Waals surface area contributed by atoms with Crippen LogP contribution in [0.15, 0.2) is 5.10 Å². The van der Waals surface area contributed by atoms with Crippen molar-refractivity contribution in [3.8, 4) is 0 Å². The van der Waals surface area contributed by atoms with Gasteiger partial charge in [0.1, 0.15) is 0 Å². The van der Waals surface area contributed by atoms with Crippen molar-refractivity contribution >= 4 is 5.71 Å². The van der Waals surface area contributed by atoms with Crippen LogP contribution < -0.4 is 0 Å². The summed E-state index contributed by atoms with van der Waals surface area (Å²) >= 11 is 0. The van der Waals surface area contributed by atoms with E-state index in [1.807, 2.05) is 12.1 Å². The molecule has 1 heterocycles. The minimum absolute atomic E-state index is 0.472. The van der Waals surface area contributed by atoms with Gasteiger partial charge in [-0.1, -0.05) is 0 Å². The quantitative estimate of drug-likeness (QED) is 0.568. The summed E-state index contributed by atoms with van der Waals surface area (Å²) in [6, 6.07) is 0.472. The first-order valence-electron chi connectivity index (χ1n) is 4.26. The van der Waals surface area contributed by atoms with Crippen molar-refractivity contribution in [3.63, 3.8) is 0 Å². The van der Waals surface area contributed by atoms with Crippen LogP contribution >= 0.6 is 0 Å². The van der Waals surface area contributed by atoms with Gasteiger partial charge in [0.05, 0.1) is 6.04 Å².